The minimum Gasteiger partial charge on any atom is -0.356 e. The number of hydrogen-bond acceptors (Lipinski definition) is 3. The van der Waals surface area contributed by atoms with E-state index in [2.05, 4.69) is 68.9 Å². The Hall–Kier alpha value is -2.38. The molecule has 28 heavy (non-hydrogen) atoms. The molecule has 0 aliphatic rings. The third-order valence-electron chi connectivity index (χ3n) is 4.35. The molecule has 7 heteroatoms. The van der Waals surface area contributed by atoms with Crippen LogP contribution in [0.15, 0.2) is 65.7 Å². The van der Waals surface area contributed by atoms with Gasteiger partial charge in [0.15, 0.2) is 5.96 Å². The lowest BCUT2D eigenvalue weighted by atomic mass is 9.92. The summed E-state index contributed by atoms with van der Waals surface area (Å²) in [4.78, 5) is 4.26. The summed E-state index contributed by atoms with van der Waals surface area (Å²) in [7, 11) is -1.40. The average molecular weight is 403 g/mol. The molecule has 0 aliphatic heterocycles. The van der Waals surface area contributed by atoms with Gasteiger partial charge >= 0.3 is 0 Å². The smallest absolute Gasteiger partial charge is 0.208 e. The van der Waals surface area contributed by atoms with E-state index in [0.717, 1.165) is 19.2 Å². The fourth-order valence-electron chi connectivity index (χ4n) is 2.92. The van der Waals surface area contributed by atoms with Crippen LogP contribution in [0.2, 0.25) is 0 Å². The summed E-state index contributed by atoms with van der Waals surface area (Å²) in [5.74, 6) is 1.03. The molecule has 2 aromatic carbocycles. The number of hydrogen-bond donors (Lipinski definition) is 3. The summed E-state index contributed by atoms with van der Waals surface area (Å²) in [5, 5.41) is 6.63. The fourth-order valence-corrected chi connectivity index (χ4v) is 3.44. The van der Waals surface area contributed by atoms with Crippen LogP contribution >= 0.6 is 0 Å². The van der Waals surface area contributed by atoms with E-state index in [1.165, 1.54) is 11.1 Å². The highest BCUT2D eigenvalue weighted by molar-refractivity contribution is 7.88. The number of rotatable bonds is 10. The molecule has 0 saturated carbocycles. The zero-order valence-corrected chi connectivity index (χ0v) is 17.4. The molecule has 0 heterocycles. The Bertz CT molecular complexity index is 824. The first-order chi connectivity index (χ1) is 13.5. The Morgan fingerprint density at radius 1 is 0.964 bits per heavy atom. The molecule has 0 saturated heterocycles. The molecule has 0 spiro atoms. The van der Waals surface area contributed by atoms with E-state index in [4.69, 9.17) is 0 Å². The highest BCUT2D eigenvalue weighted by Gasteiger charge is 2.13. The van der Waals surface area contributed by atoms with Gasteiger partial charge in [0.25, 0.3) is 0 Å². The summed E-state index contributed by atoms with van der Waals surface area (Å²) in [6.45, 7) is 1.79. The van der Waals surface area contributed by atoms with Gasteiger partial charge in [-0.1, -0.05) is 60.7 Å². The van der Waals surface area contributed by atoms with Crippen LogP contribution in [-0.2, 0) is 16.4 Å². The van der Waals surface area contributed by atoms with E-state index in [1.54, 1.807) is 7.05 Å². The highest BCUT2D eigenvalue weighted by Crippen LogP contribution is 2.20. The molecule has 0 amide bonds. The number of nitrogens with one attached hydrogen (secondary N) is 3. The van der Waals surface area contributed by atoms with Crippen molar-refractivity contribution < 1.29 is 8.42 Å². The van der Waals surface area contributed by atoms with Crippen molar-refractivity contribution in [1.29, 1.82) is 0 Å². The van der Waals surface area contributed by atoms with Gasteiger partial charge in [0.1, 0.15) is 0 Å². The summed E-state index contributed by atoms with van der Waals surface area (Å²) in [6.07, 6.45) is 2.78. The average Bonchev–Trinajstić information content (AvgIpc) is 2.69. The minimum absolute atomic E-state index is 0.314. The lowest BCUT2D eigenvalue weighted by molar-refractivity contribution is 0.584. The van der Waals surface area contributed by atoms with Gasteiger partial charge in [-0.15, -0.1) is 0 Å². The van der Waals surface area contributed by atoms with Gasteiger partial charge < -0.3 is 10.6 Å². The first-order valence-corrected chi connectivity index (χ1v) is 11.3. The quantitative estimate of drug-likeness (QED) is 0.323. The maximum Gasteiger partial charge on any atom is 0.208 e. The van der Waals surface area contributed by atoms with Gasteiger partial charge in [-0.2, -0.15) is 0 Å². The predicted molar refractivity (Wildman–Crippen MR) is 116 cm³/mol. The lowest BCUT2D eigenvalue weighted by Crippen LogP contribution is -2.40. The third-order valence-corrected chi connectivity index (χ3v) is 5.07. The van der Waals surface area contributed by atoms with Crippen LogP contribution in [0.1, 0.15) is 23.5 Å². The molecule has 0 aliphatic carbocycles. The highest BCUT2D eigenvalue weighted by atomic mass is 32.2. The standard InChI is InChI=1S/C21H30N4O2S/c1-22-21(23-14-9-15-25-28(2,26)27)24-17-20(19-12-7-4-8-13-19)16-18-10-5-3-6-11-18/h3-8,10-13,20,25H,9,14-17H2,1-2H3,(H2,22,23,24). The number of aliphatic imine (C=N–C) groups is 1. The van der Waals surface area contributed by atoms with Crippen molar-refractivity contribution in [3.8, 4) is 0 Å². The second kappa shape index (κ2) is 11.5. The van der Waals surface area contributed by atoms with Crippen molar-refractivity contribution in [2.24, 2.45) is 4.99 Å². The topological polar surface area (TPSA) is 82.6 Å². The Morgan fingerprint density at radius 3 is 2.21 bits per heavy atom. The normalized spacial score (nSPS) is 13.1. The second-order valence-corrected chi connectivity index (χ2v) is 8.53. The van der Waals surface area contributed by atoms with Crippen LogP contribution in [0.3, 0.4) is 0 Å². The first-order valence-electron chi connectivity index (χ1n) is 9.46. The molecule has 2 rings (SSSR count). The molecule has 0 aromatic heterocycles. The molecular formula is C21H30N4O2S. The molecule has 152 valence electrons. The molecule has 1 atom stereocenters. The SMILES string of the molecule is CN=C(NCCCNS(C)(=O)=O)NCC(Cc1ccccc1)c1ccccc1. The zero-order chi connectivity index (χ0) is 20.2. The van der Waals surface area contributed by atoms with Gasteiger partial charge in [-0.3, -0.25) is 4.99 Å². The third kappa shape index (κ3) is 8.54. The van der Waals surface area contributed by atoms with Crippen molar-refractivity contribution in [3.63, 3.8) is 0 Å². The number of nitrogens with zero attached hydrogens (tertiary/aromatic N) is 1. The van der Waals surface area contributed by atoms with Crippen molar-refractivity contribution in [1.82, 2.24) is 15.4 Å². The van der Waals surface area contributed by atoms with Crippen LogP contribution < -0.4 is 15.4 Å². The van der Waals surface area contributed by atoms with E-state index in [1.807, 2.05) is 12.1 Å². The molecule has 2 aromatic rings. The first kappa shape index (κ1) is 21.9. The van der Waals surface area contributed by atoms with Crippen LogP contribution in [0.25, 0.3) is 0 Å². The van der Waals surface area contributed by atoms with E-state index in [9.17, 15) is 8.42 Å². The number of benzene rings is 2. The number of sulfonamides is 1. The van der Waals surface area contributed by atoms with Crippen molar-refractivity contribution in [2.45, 2.75) is 18.8 Å². The van der Waals surface area contributed by atoms with Crippen LogP contribution in [0.4, 0.5) is 0 Å². The molecule has 0 fully saturated rings. The zero-order valence-electron chi connectivity index (χ0n) is 16.6. The van der Waals surface area contributed by atoms with E-state index >= 15 is 0 Å². The Labute approximate surface area is 168 Å². The molecule has 6 nitrogen and oxygen atoms in total. The second-order valence-electron chi connectivity index (χ2n) is 6.70. The van der Waals surface area contributed by atoms with Crippen molar-refractivity contribution >= 4 is 16.0 Å². The Kier molecular flexibility index (Phi) is 8.97. The number of guanidine groups is 1. The lowest BCUT2D eigenvalue weighted by Gasteiger charge is -2.20. The monoisotopic (exact) mass is 402 g/mol. The Morgan fingerprint density at radius 2 is 1.61 bits per heavy atom. The minimum atomic E-state index is -3.14. The van der Waals surface area contributed by atoms with Crippen molar-refractivity contribution in [3.05, 3.63) is 71.8 Å². The van der Waals surface area contributed by atoms with Gasteiger partial charge in [0, 0.05) is 32.6 Å². The van der Waals surface area contributed by atoms with E-state index in [0.29, 0.717) is 31.4 Å². The summed E-state index contributed by atoms with van der Waals surface area (Å²) in [5.41, 5.74) is 2.58. The maximum absolute atomic E-state index is 11.1. The largest absolute Gasteiger partial charge is 0.356 e. The van der Waals surface area contributed by atoms with Gasteiger partial charge in [0.2, 0.25) is 10.0 Å². The van der Waals surface area contributed by atoms with Gasteiger partial charge in [-0.05, 0) is 24.0 Å². The van der Waals surface area contributed by atoms with Gasteiger partial charge in [0.05, 0.1) is 6.26 Å². The van der Waals surface area contributed by atoms with Crippen LogP contribution in [-0.4, -0.2) is 47.3 Å². The summed E-state index contributed by atoms with van der Waals surface area (Å²) in [6, 6.07) is 20.9. The summed E-state index contributed by atoms with van der Waals surface area (Å²) >= 11 is 0. The molecule has 0 radical (unpaired) electrons. The predicted octanol–water partition coefficient (Wildman–Crippen LogP) is 2.12. The van der Waals surface area contributed by atoms with Crippen molar-refractivity contribution in [2.75, 3.05) is 32.9 Å². The molecule has 0 bridgehead atoms. The maximum atomic E-state index is 11.1. The molecule has 1 unspecified atom stereocenters. The molecular weight excluding hydrogens is 372 g/mol. The van der Waals surface area contributed by atoms with Gasteiger partial charge in [-0.25, -0.2) is 13.1 Å². The van der Waals surface area contributed by atoms with E-state index in [-0.39, 0.29) is 0 Å². The summed E-state index contributed by atoms with van der Waals surface area (Å²) < 4.78 is 24.6. The van der Waals surface area contributed by atoms with Crippen LogP contribution in [0, 0.1) is 0 Å². The Balaban J connectivity index is 1.88. The fraction of sp³-hybridized carbons (Fsp3) is 0.381. The van der Waals surface area contributed by atoms with Crippen LogP contribution in [0.5, 0.6) is 0 Å². The van der Waals surface area contributed by atoms with E-state index < -0.39 is 10.0 Å². The molecule has 3 N–H and O–H groups in total.